The van der Waals surface area contributed by atoms with Crippen LogP contribution in [0.25, 0.3) is 0 Å². The Morgan fingerprint density at radius 2 is 2.24 bits per heavy atom. The highest BCUT2D eigenvalue weighted by Gasteiger charge is 2.19. The molecule has 0 aliphatic heterocycles. The molecule has 0 aliphatic carbocycles. The Labute approximate surface area is 111 Å². The van der Waals surface area contributed by atoms with Crippen molar-refractivity contribution >= 4 is 29.0 Å². The van der Waals surface area contributed by atoms with E-state index in [9.17, 15) is 4.79 Å². The fraction of sp³-hybridized carbons (Fsp3) is 0.727. The predicted molar refractivity (Wildman–Crippen MR) is 70.7 cm³/mol. The van der Waals surface area contributed by atoms with Crippen molar-refractivity contribution < 1.29 is 4.79 Å². The number of aryl methyl sites for hydroxylation is 1. The lowest BCUT2D eigenvalue weighted by Crippen LogP contribution is -2.37. The van der Waals surface area contributed by atoms with E-state index in [0.717, 1.165) is 30.1 Å². The zero-order chi connectivity index (χ0) is 12.8. The van der Waals surface area contributed by atoms with E-state index in [1.54, 1.807) is 0 Å². The standard InChI is InChI=1S/C11H18ClN3OS/c1-4-9-10(17-15-14-9)11(16)13-8(6-12)5-7(2)3/h7-8H,4-6H2,1-3H3,(H,13,16). The van der Waals surface area contributed by atoms with E-state index >= 15 is 0 Å². The maximum absolute atomic E-state index is 12.0. The van der Waals surface area contributed by atoms with Gasteiger partial charge in [-0.1, -0.05) is 25.3 Å². The number of hydrogen-bond donors (Lipinski definition) is 1. The van der Waals surface area contributed by atoms with E-state index in [1.165, 1.54) is 0 Å². The molecule has 1 amide bonds. The Bertz CT molecular complexity index is 367. The molecule has 0 radical (unpaired) electrons. The van der Waals surface area contributed by atoms with Gasteiger partial charge in [0.25, 0.3) is 5.91 Å². The van der Waals surface area contributed by atoms with Crippen LogP contribution in [0.15, 0.2) is 0 Å². The minimum atomic E-state index is -0.108. The summed E-state index contributed by atoms with van der Waals surface area (Å²) in [6.07, 6.45) is 1.60. The summed E-state index contributed by atoms with van der Waals surface area (Å²) < 4.78 is 3.81. The maximum Gasteiger partial charge on any atom is 0.265 e. The largest absolute Gasteiger partial charge is 0.347 e. The number of halogens is 1. The second-order valence-corrected chi connectivity index (χ2v) is 5.42. The highest BCUT2D eigenvalue weighted by Crippen LogP contribution is 2.13. The number of nitrogens with zero attached hydrogens (tertiary/aromatic N) is 2. The molecule has 0 saturated carbocycles. The molecule has 4 nitrogen and oxygen atoms in total. The molecule has 1 rings (SSSR count). The molecule has 1 aromatic rings. The third-order valence-electron chi connectivity index (χ3n) is 2.37. The monoisotopic (exact) mass is 275 g/mol. The van der Waals surface area contributed by atoms with Gasteiger partial charge in [0.15, 0.2) is 0 Å². The van der Waals surface area contributed by atoms with Crippen LogP contribution in [0.5, 0.6) is 0 Å². The minimum Gasteiger partial charge on any atom is -0.347 e. The molecule has 17 heavy (non-hydrogen) atoms. The first-order valence-corrected chi connectivity index (χ1v) is 7.07. The van der Waals surface area contributed by atoms with Gasteiger partial charge in [-0.3, -0.25) is 4.79 Å². The number of nitrogens with one attached hydrogen (secondary N) is 1. The lowest BCUT2D eigenvalue weighted by atomic mass is 10.1. The van der Waals surface area contributed by atoms with Gasteiger partial charge in [-0.15, -0.1) is 16.7 Å². The number of rotatable bonds is 6. The Hall–Kier alpha value is -0.680. The summed E-state index contributed by atoms with van der Waals surface area (Å²) >= 11 is 6.99. The van der Waals surface area contributed by atoms with Gasteiger partial charge >= 0.3 is 0 Å². The van der Waals surface area contributed by atoms with E-state index in [1.807, 2.05) is 6.92 Å². The molecule has 0 saturated heterocycles. The average Bonchev–Trinajstić information content (AvgIpc) is 2.75. The van der Waals surface area contributed by atoms with E-state index in [4.69, 9.17) is 11.6 Å². The first-order chi connectivity index (χ1) is 8.08. The number of carbonyl (C=O) groups excluding carboxylic acids is 1. The second-order valence-electron chi connectivity index (χ2n) is 4.36. The van der Waals surface area contributed by atoms with Crippen molar-refractivity contribution in [2.75, 3.05) is 5.88 Å². The summed E-state index contributed by atoms with van der Waals surface area (Å²) in [7, 11) is 0. The van der Waals surface area contributed by atoms with Crippen LogP contribution in [0, 0.1) is 5.92 Å². The summed E-state index contributed by atoms with van der Waals surface area (Å²) in [5.41, 5.74) is 0.755. The van der Waals surface area contributed by atoms with Crippen molar-refractivity contribution in [3.8, 4) is 0 Å². The first-order valence-electron chi connectivity index (χ1n) is 5.76. The smallest absolute Gasteiger partial charge is 0.265 e. The third kappa shape index (κ3) is 4.24. The highest BCUT2D eigenvalue weighted by atomic mass is 35.5. The molecule has 1 N–H and O–H groups in total. The van der Waals surface area contributed by atoms with Gasteiger partial charge < -0.3 is 5.32 Å². The van der Waals surface area contributed by atoms with Crippen molar-refractivity contribution in [3.63, 3.8) is 0 Å². The summed E-state index contributed by atoms with van der Waals surface area (Å²) in [6, 6.07) is 0.0102. The molecule has 1 heterocycles. The van der Waals surface area contributed by atoms with Crippen LogP contribution in [-0.4, -0.2) is 27.4 Å². The van der Waals surface area contributed by atoms with Crippen molar-refractivity contribution in [3.05, 3.63) is 10.6 Å². The minimum absolute atomic E-state index is 0.0102. The van der Waals surface area contributed by atoms with Gasteiger partial charge in [-0.05, 0) is 30.3 Å². The van der Waals surface area contributed by atoms with Gasteiger partial charge in [-0.25, -0.2) is 0 Å². The van der Waals surface area contributed by atoms with Crippen molar-refractivity contribution in [1.29, 1.82) is 0 Å². The molecule has 6 heteroatoms. The van der Waals surface area contributed by atoms with E-state index in [0.29, 0.717) is 16.7 Å². The topological polar surface area (TPSA) is 54.9 Å². The van der Waals surface area contributed by atoms with E-state index in [2.05, 4.69) is 28.8 Å². The quantitative estimate of drug-likeness (QED) is 0.812. The molecule has 1 atom stereocenters. The summed E-state index contributed by atoms with van der Waals surface area (Å²) in [4.78, 5) is 12.6. The lowest BCUT2D eigenvalue weighted by Gasteiger charge is -2.17. The average molecular weight is 276 g/mol. The lowest BCUT2D eigenvalue weighted by molar-refractivity contribution is 0.0939. The van der Waals surface area contributed by atoms with Crippen molar-refractivity contribution in [2.45, 2.75) is 39.7 Å². The number of hydrogen-bond acceptors (Lipinski definition) is 4. The zero-order valence-corrected chi connectivity index (χ0v) is 11.9. The first kappa shape index (κ1) is 14.4. The van der Waals surface area contributed by atoms with Crippen LogP contribution >= 0.6 is 23.1 Å². The molecule has 1 aromatic heterocycles. The van der Waals surface area contributed by atoms with Crippen LogP contribution in [0.2, 0.25) is 0 Å². The molecule has 0 spiro atoms. The summed E-state index contributed by atoms with van der Waals surface area (Å²) in [6.45, 7) is 6.18. The molecule has 1 unspecified atom stereocenters. The van der Waals surface area contributed by atoms with Gasteiger partial charge in [0.2, 0.25) is 0 Å². The van der Waals surface area contributed by atoms with Crippen molar-refractivity contribution in [2.24, 2.45) is 5.92 Å². The maximum atomic E-state index is 12.0. The van der Waals surface area contributed by atoms with Gasteiger partial charge in [0.05, 0.1) is 5.69 Å². The normalized spacial score (nSPS) is 12.8. The molecule has 0 bridgehead atoms. The molecule has 96 valence electrons. The number of alkyl halides is 1. The zero-order valence-electron chi connectivity index (χ0n) is 10.4. The van der Waals surface area contributed by atoms with Crippen LogP contribution in [0.3, 0.4) is 0 Å². The summed E-state index contributed by atoms with van der Waals surface area (Å²) in [5.74, 6) is 0.824. The SMILES string of the molecule is CCc1nnsc1C(=O)NC(CCl)CC(C)C. The van der Waals surface area contributed by atoms with E-state index in [-0.39, 0.29) is 11.9 Å². The van der Waals surface area contributed by atoms with Crippen LogP contribution in [-0.2, 0) is 6.42 Å². The second kappa shape index (κ2) is 6.91. The Morgan fingerprint density at radius 3 is 2.76 bits per heavy atom. The summed E-state index contributed by atoms with van der Waals surface area (Å²) in [5, 5.41) is 6.86. The highest BCUT2D eigenvalue weighted by molar-refractivity contribution is 7.08. The van der Waals surface area contributed by atoms with Gasteiger partial charge in [-0.2, -0.15) is 0 Å². The van der Waals surface area contributed by atoms with Crippen molar-refractivity contribution in [1.82, 2.24) is 14.9 Å². The van der Waals surface area contributed by atoms with Crippen LogP contribution in [0.4, 0.5) is 0 Å². The van der Waals surface area contributed by atoms with E-state index < -0.39 is 0 Å². The van der Waals surface area contributed by atoms with Gasteiger partial charge in [0, 0.05) is 11.9 Å². The number of carbonyl (C=O) groups is 1. The Balaban J connectivity index is 2.64. The number of aromatic nitrogens is 2. The molecular weight excluding hydrogens is 258 g/mol. The third-order valence-corrected chi connectivity index (χ3v) is 3.51. The van der Waals surface area contributed by atoms with Gasteiger partial charge in [0.1, 0.15) is 4.88 Å². The Kier molecular flexibility index (Phi) is 5.85. The molecule has 0 aromatic carbocycles. The van der Waals surface area contributed by atoms with Crippen LogP contribution in [0.1, 0.15) is 42.6 Å². The molecular formula is C11H18ClN3OS. The Morgan fingerprint density at radius 1 is 1.53 bits per heavy atom. The fourth-order valence-electron chi connectivity index (χ4n) is 1.59. The van der Waals surface area contributed by atoms with Crippen LogP contribution < -0.4 is 5.32 Å². The molecule has 0 fully saturated rings. The molecule has 0 aliphatic rings. The fourth-order valence-corrected chi connectivity index (χ4v) is 2.45. The predicted octanol–water partition coefficient (Wildman–Crippen LogP) is 2.48. The number of amides is 1.